The van der Waals surface area contributed by atoms with Gasteiger partial charge < -0.3 is 10.2 Å². The molecule has 1 heterocycles. The third-order valence-electron chi connectivity index (χ3n) is 4.54. The molecule has 1 fully saturated rings. The number of ketones is 1. The molecular weight excluding hydrogens is 314 g/mol. The maximum Gasteiger partial charge on any atom is 0.221 e. The molecule has 1 aromatic rings. The maximum atomic E-state index is 12.1. The molecule has 25 heavy (non-hydrogen) atoms. The number of hydrogen-bond acceptors (Lipinski definition) is 4. The van der Waals surface area contributed by atoms with Crippen LogP contribution in [0.4, 0.5) is 0 Å². The fraction of sp³-hybridized carbons (Fsp3) is 0.600. The van der Waals surface area contributed by atoms with Gasteiger partial charge in [0.25, 0.3) is 0 Å². The predicted octanol–water partition coefficient (Wildman–Crippen LogP) is 2.07. The third kappa shape index (κ3) is 7.36. The molecule has 1 saturated heterocycles. The molecule has 1 aromatic carbocycles. The van der Waals surface area contributed by atoms with E-state index < -0.39 is 5.54 Å². The summed E-state index contributed by atoms with van der Waals surface area (Å²) in [6.45, 7) is 11.2. The second-order valence-electron chi connectivity index (χ2n) is 7.66. The van der Waals surface area contributed by atoms with E-state index >= 15 is 0 Å². The second kappa shape index (κ2) is 9.11. The summed E-state index contributed by atoms with van der Waals surface area (Å²) < 4.78 is 0. The number of amides is 1. The molecule has 0 atom stereocenters. The Kier molecular flexibility index (Phi) is 7.14. The normalized spacial score (nSPS) is 16.6. The Labute approximate surface area is 151 Å². The van der Waals surface area contributed by atoms with Crippen molar-refractivity contribution in [2.45, 2.75) is 45.7 Å². The molecule has 0 bridgehead atoms. The van der Waals surface area contributed by atoms with Crippen LogP contribution in [-0.4, -0.2) is 59.8 Å². The van der Waals surface area contributed by atoms with Crippen LogP contribution in [-0.2, 0) is 16.1 Å². The summed E-state index contributed by atoms with van der Waals surface area (Å²) in [4.78, 5) is 28.2. The average molecular weight is 345 g/mol. The number of nitrogens with zero attached hydrogens (tertiary/aromatic N) is 2. The Hall–Kier alpha value is -1.72. The van der Waals surface area contributed by atoms with Gasteiger partial charge in [0, 0.05) is 57.6 Å². The number of nitrogens with one attached hydrogen (secondary N) is 1. The highest BCUT2D eigenvalue weighted by Crippen LogP contribution is 2.11. The molecule has 0 aliphatic carbocycles. The SMILES string of the molecule is CC(=O)CC(C)(C)NC(=O)CCN1CCN(Cc2ccccc2)CC1. The van der Waals surface area contributed by atoms with Crippen molar-refractivity contribution in [2.75, 3.05) is 32.7 Å². The van der Waals surface area contributed by atoms with Gasteiger partial charge in [-0.15, -0.1) is 0 Å². The molecule has 1 N–H and O–H groups in total. The zero-order valence-electron chi connectivity index (χ0n) is 15.8. The predicted molar refractivity (Wildman–Crippen MR) is 100 cm³/mol. The van der Waals surface area contributed by atoms with E-state index in [1.807, 2.05) is 19.9 Å². The van der Waals surface area contributed by atoms with E-state index in [0.717, 1.165) is 39.3 Å². The lowest BCUT2D eigenvalue weighted by Crippen LogP contribution is -2.48. The Morgan fingerprint density at radius 1 is 1.04 bits per heavy atom. The van der Waals surface area contributed by atoms with Gasteiger partial charge in [-0.05, 0) is 26.3 Å². The van der Waals surface area contributed by atoms with Crippen molar-refractivity contribution in [1.29, 1.82) is 0 Å². The highest BCUT2D eigenvalue weighted by atomic mass is 16.2. The molecule has 2 rings (SSSR count). The minimum absolute atomic E-state index is 0.0259. The van der Waals surface area contributed by atoms with E-state index in [9.17, 15) is 9.59 Å². The van der Waals surface area contributed by atoms with Crippen molar-refractivity contribution in [1.82, 2.24) is 15.1 Å². The van der Waals surface area contributed by atoms with Gasteiger partial charge in [0.2, 0.25) is 5.91 Å². The molecule has 5 heteroatoms. The monoisotopic (exact) mass is 345 g/mol. The van der Waals surface area contributed by atoms with Crippen LogP contribution in [0.1, 0.15) is 39.2 Å². The van der Waals surface area contributed by atoms with Crippen LogP contribution in [0.25, 0.3) is 0 Å². The molecule has 1 amide bonds. The number of carbonyl (C=O) groups excluding carboxylic acids is 2. The fourth-order valence-corrected chi connectivity index (χ4v) is 3.38. The van der Waals surface area contributed by atoms with Gasteiger partial charge in [-0.25, -0.2) is 0 Å². The number of carbonyl (C=O) groups is 2. The van der Waals surface area contributed by atoms with Gasteiger partial charge in [-0.2, -0.15) is 0 Å². The van der Waals surface area contributed by atoms with Crippen molar-refractivity contribution < 1.29 is 9.59 Å². The van der Waals surface area contributed by atoms with Crippen LogP contribution in [0.2, 0.25) is 0 Å². The molecule has 0 unspecified atom stereocenters. The van der Waals surface area contributed by atoms with Gasteiger partial charge in [-0.1, -0.05) is 30.3 Å². The molecule has 0 radical (unpaired) electrons. The van der Waals surface area contributed by atoms with Crippen LogP contribution >= 0.6 is 0 Å². The summed E-state index contributed by atoms with van der Waals surface area (Å²) >= 11 is 0. The summed E-state index contributed by atoms with van der Waals surface area (Å²) in [6.07, 6.45) is 0.858. The van der Waals surface area contributed by atoms with E-state index in [1.54, 1.807) is 6.92 Å². The van der Waals surface area contributed by atoms with Crippen molar-refractivity contribution in [3.63, 3.8) is 0 Å². The smallest absolute Gasteiger partial charge is 0.221 e. The maximum absolute atomic E-state index is 12.1. The van der Waals surface area contributed by atoms with Crippen LogP contribution < -0.4 is 5.32 Å². The zero-order chi connectivity index (χ0) is 18.3. The van der Waals surface area contributed by atoms with E-state index in [2.05, 4.69) is 39.4 Å². The van der Waals surface area contributed by atoms with Crippen molar-refractivity contribution in [3.05, 3.63) is 35.9 Å². The first kappa shape index (κ1) is 19.6. The summed E-state index contributed by atoms with van der Waals surface area (Å²) in [5.41, 5.74) is 0.889. The molecule has 1 aliphatic rings. The first-order chi connectivity index (χ1) is 11.8. The number of hydrogen-bond donors (Lipinski definition) is 1. The lowest BCUT2D eigenvalue weighted by Gasteiger charge is -2.35. The van der Waals surface area contributed by atoms with Crippen molar-refractivity contribution in [3.8, 4) is 0 Å². The molecule has 0 saturated carbocycles. The van der Waals surface area contributed by atoms with Gasteiger partial charge in [-0.3, -0.25) is 14.5 Å². The average Bonchev–Trinajstić information content (AvgIpc) is 2.53. The number of piperazine rings is 1. The van der Waals surface area contributed by atoms with Crippen LogP contribution in [0.3, 0.4) is 0 Å². The lowest BCUT2D eigenvalue weighted by atomic mass is 9.98. The molecule has 0 spiro atoms. The number of rotatable bonds is 8. The summed E-state index contributed by atoms with van der Waals surface area (Å²) in [5, 5.41) is 2.97. The molecule has 5 nitrogen and oxygen atoms in total. The van der Waals surface area contributed by atoms with Crippen molar-refractivity contribution >= 4 is 11.7 Å². The molecular formula is C20H31N3O2. The largest absolute Gasteiger partial charge is 0.351 e. The molecule has 0 aromatic heterocycles. The highest BCUT2D eigenvalue weighted by molar-refractivity contribution is 5.80. The Morgan fingerprint density at radius 3 is 2.24 bits per heavy atom. The highest BCUT2D eigenvalue weighted by Gasteiger charge is 2.23. The first-order valence-electron chi connectivity index (χ1n) is 9.13. The van der Waals surface area contributed by atoms with E-state index in [1.165, 1.54) is 5.56 Å². The zero-order valence-corrected chi connectivity index (χ0v) is 15.8. The van der Waals surface area contributed by atoms with Gasteiger partial charge in [0.05, 0.1) is 0 Å². The minimum Gasteiger partial charge on any atom is -0.351 e. The van der Waals surface area contributed by atoms with Crippen LogP contribution in [0.15, 0.2) is 30.3 Å². The summed E-state index contributed by atoms with van der Waals surface area (Å²) in [5.74, 6) is 0.123. The Bertz CT molecular complexity index is 564. The van der Waals surface area contributed by atoms with E-state index in [4.69, 9.17) is 0 Å². The van der Waals surface area contributed by atoms with E-state index in [-0.39, 0.29) is 11.7 Å². The standard InChI is InChI=1S/C20H31N3O2/c1-17(24)15-20(2,3)21-19(25)9-10-22-11-13-23(14-12-22)16-18-7-5-4-6-8-18/h4-8H,9-16H2,1-3H3,(H,21,25). The topological polar surface area (TPSA) is 52.7 Å². The quantitative estimate of drug-likeness (QED) is 0.784. The number of Topliss-reactive ketones (excluding diaryl/α,β-unsaturated/α-hetero) is 1. The van der Waals surface area contributed by atoms with E-state index in [0.29, 0.717) is 12.8 Å². The summed E-state index contributed by atoms with van der Waals surface area (Å²) in [7, 11) is 0. The van der Waals surface area contributed by atoms with Crippen LogP contribution in [0, 0.1) is 0 Å². The lowest BCUT2D eigenvalue weighted by molar-refractivity contribution is -0.124. The fourth-order valence-electron chi connectivity index (χ4n) is 3.38. The van der Waals surface area contributed by atoms with Gasteiger partial charge in [0.15, 0.2) is 0 Å². The Morgan fingerprint density at radius 2 is 1.64 bits per heavy atom. The van der Waals surface area contributed by atoms with Gasteiger partial charge in [0.1, 0.15) is 5.78 Å². The number of benzene rings is 1. The Balaban J connectivity index is 1.66. The van der Waals surface area contributed by atoms with Gasteiger partial charge >= 0.3 is 0 Å². The first-order valence-corrected chi connectivity index (χ1v) is 9.13. The third-order valence-corrected chi connectivity index (χ3v) is 4.54. The van der Waals surface area contributed by atoms with Crippen molar-refractivity contribution in [2.24, 2.45) is 0 Å². The second-order valence-corrected chi connectivity index (χ2v) is 7.66. The molecule has 1 aliphatic heterocycles. The van der Waals surface area contributed by atoms with Crippen LogP contribution in [0.5, 0.6) is 0 Å². The molecule has 138 valence electrons. The summed E-state index contributed by atoms with van der Waals surface area (Å²) in [6, 6.07) is 10.5. The minimum atomic E-state index is -0.461.